The summed E-state index contributed by atoms with van der Waals surface area (Å²) in [5.41, 5.74) is 0. The molecule has 0 radical (unpaired) electrons. The van der Waals surface area contributed by atoms with Gasteiger partial charge in [0.15, 0.2) is 0 Å². The topological polar surface area (TPSA) is 0 Å². The van der Waals surface area contributed by atoms with E-state index >= 15 is 0 Å². The van der Waals surface area contributed by atoms with Gasteiger partial charge in [-0.1, -0.05) is 14.9 Å². The summed E-state index contributed by atoms with van der Waals surface area (Å²) in [4.78, 5) is 0. The fourth-order valence-corrected chi connectivity index (χ4v) is 0. The van der Waals surface area contributed by atoms with Gasteiger partial charge in [-0.3, -0.25) is 0 Å². The summed E-state index contributed by atoms with van der Waals surface area (Å²) < 4.78 is 0. The minimum atomic E-state index is 0. The molecule has 0 saturated heterocycles. The molecular weight excluding hydrogens is 144 g/mol. The molecule has 0 aromatic heterocycles. The van der Waals surface area contributed by atoms with Gasteiger partial charge in [0.1, 0.15) is 0 Å². The molecule has 0 aromatic carbocycles. The van der Waals surface area contributed by atoms with Crippen LogP contribution >= 0.6 is 0 Å². The van der Waals surface area contributed by atoms with Gasteiger partial charge in [0.25, 0.3) is 0 Å². The van der Waals surface area contributed by atoms with Crippen molar-refractivity contribution in [3.8, 4) is 0 Å². The Balaban J connectivity index is 0. The molecule has 0 unspecified atom stereocenters. The second kappa shape index (κ2) is 25.0. The van der Waals surface area contributed by atoms with Crippen LogP contribution in [-0.4, -0.2) is 0 Å². The predicted molar refractivity (Wildman–Crippen MR) is 13.5 cm³/mol. The molecule has 0 saturated carbocycles. The summed E-state index contributed by atoms with van der Waals surface area (Å²) in [5, 5.41) is 0. The van der Waals surface area contributed by atoms with Crippen molar-refractivity contribution in [2.45, 2.75) is 14.9 Å². The Morgan fingerprint density at radius 1 is 0.400 bits per heavy atom. The molecular formula is C2H8Ar3. The van der Waals surface area contributed by atoms with E-state index in [0.29, 0.717) is 0 Å². The van der Waals surface area contributed by atoms with E-state index in [1.807, 2.05) is 0 Å². The van der Waals surface area contributed by atoms with Crippen LogP contribution in [0.3, 0.4) is 0 Å². The first-order chi connectivity index (χ1) is 0. The standard InChI is InChI=1S/2CH4.3Ar/h2*1H4;;;. The molecule has 0 aliphatic carbocycles. The maximum absolute atomic E-state index is 0. The molecule has 0 aliphatic rings. The zero-order valence-electron chi connectivity index (χ0n) is 1.06. The van der Waals surface area contributed by atoms with E-state index < -0.39 is 0 Å². The van der Waals surface area contributed by atoms with Crippen LogP contribution in [0.5, 0.6) is 0 Å². The second-order valence-electron chi connectivity index (χ2n) is 0. The van der Waals surface area contributed by atoms with Gasteiger partial charge in [-0.2, -0.15) is 0 Å². The molecule has 5 heavy (non-hydrogen) atoms. The minimum Gasteiger partial charge on any atom is -0.0776 e. The van der Waals surface area contributed by atoms with Gasteiger partial charge >= 0.3 is 0 Å². The fourth-order valence-electron chi connectivity index (χ4n) is 0. The Hall–Kier alpha value is 3.78. The summed E-state index contributed by atoms with van der Waals surface area (Å²) >= 11 is 0. The minimum absolute atomic E-state index is 0. The van der Waals surface area contributed by atoms with Gasteiger partial charge in [0, 0.05) is 113 Å². The van der Waals surface area contributed by atoms with E-state index in [0.717, 1.165) is 0 Å². The van der Waals surface area contributed by atoms with Crippen molar-refractivity contribution in [3.63, 3.8) is 0 Å². The smallest absolute Gasteiger partial charge is 0 e. The summed E-state index contributed by atoms with van der Waals surface area (Å²) in [7, 11) is 0. The van der Waals surface area contributed by atoms with Gasteiger partial charge in [-0.25, -0.2) is 0 Å². The van der Waals surface area contributed by atoms with Crippen molar-refractivity contribution in [2.24, 2.45) is 0 Å². The monoisotopic (exact) mass is 152 g/mol. The molecule has 0 fully saturated rings. The summed E-state index contributed by atoms with van der Waals surface area (Å²) in [6.07, 6.45) is 0. The second-order valence-corrected chi connectivity index (χ2v) is 0. The Bertz CT molecular complexity index is 4.85. The van der Waals surface area contributed by atoms with E-state index in [1.54, 1.807) is 0 Å². The van der Waals surface area contributed by atoms with E-state index in [1.165, 1.54) is 0 Å². The molecule has 0 nitrogen and oxygen atoms in total. The SMILES string of the molecule is C.C.[Ar].[Ar].[Ar]. The van der Waals surface area contributed by atoms with E-state index in [-0.39, 0.29) is 128 Å². The van der Waals surface area contributed by atoms with Crippen molar-refractivity contribution < 1.29 is 113 Å². The third-order valence-electron chi connectivity index (χ3n) is 0. The fraction of sp³-hybridized carbons (Fsp3) is 1.00. The molecule has 0 amide bonds. The Morgan fingerprint density at radius 3 is 0.400 bits per heavy atom. The molecule has 0 aliphatic heterocycles. The molecule has 0 atom stereocenters. The Kier molecular flexibility index (Phi) is 186. The first-order valence-electron chi connectivity index (χ1n) is 0. The normalized spacial score (nSPS) is 0. The molecule has 0 rings (SSSR count). The number of hydrogen-bond donors (Lipinski definition) is 0. The average molecular weight is 152 g/mol. The maximum atomic E-state index is 0. The van der Waals surface area contributed by atoms with Gasteiger partial charge in [-0.15, -0.1) is 0 Å². The van der Waals surface area contributed by atoms with Crippen LogP contribution in [0.15, 0.2) is 0 Å². The molecule has 3 heteroatoms. The summed E-state index contributed by atoms with van der Waals surface area (Å²) in [6, 6.07) is 0. The van der Waals surface area contributed by atoms with Crippen molar-refractivity contribution in [3.05, 3.63) is 0 Å². The van der Waals surface area contributed by atoms with Crippen LogP contribution in [0.2, 0.25) is 0 Å². The number of hydrogen-bond acceptors (Lipinski definition) is 0. The average Bonchev–Trinajstić information content (AvgIpc) is 0. The van der Waals surface area contributed by atoms with Gasteiger partial charge < -0.3 is 0 Å². The maximum Gasteiger partial charge on any atom is 0 e. The van der Waals surface area contributed by atoms with Crippen molar-refractivity contribution in [1.29, 1.82) is 0 Å². The summed E-state index contributed by atoms with van der Waals surface area (Å²) in [6.45, 7) is 0. The number of rotatable bonds is 0. The van der Waals surface area contributed by atoms with E-state index in [4.69, 9.17) is 0 Å². The van der Waals surface area contributed by atoms with Crippen molar-refractivity contribution >= 4 is 0 Å². The Labute approximate surface area is 124 Å². The third kappa shape index (κ3) is 18.2. The van der Waals surface area contributed by atoms with Gasteiger partial charge in [-0.05, 0) is 0 Å². The molecule has 0 spiro atoms. The molecule has 0 heterocycles. The van der Waals surface area contributed by atoms with Crippen LogP contribution in [0.25, 0.3) is 0 Å². The first kappa shape index (κ1) is 37.2. The van der Waals surface area contributed by atoms with Crippen LogP contribution in [0.4, 0.5) is 0 Å². The molecule has 40 valence electrons. The van der Waals surface area contributed by atoms with Crippen LogP contribution < -0.4 is 0 Å². The third-order valence-corrected chi connectivity index (χ3v) is 0. The van der Waals surface area contributed by atoms with Crippen molar-refractivity contribution in [2.75, 3.05) is 0 Å². The zero-order chi connectivity index (χ0) is 0. The van der Waals surface area contributed by atoms with Gasteiger partial charge in [0.2, 0.25) is 0 Å². The van der Waals surface area contributed by atoms with E-state index in [9.17, 15) is 0 Å². The molecule has 0 aromatic rings. The molecule has 0 N–H and O–H groups in total. The Morgan fingerprint density at radius 2 is 0.400 bits per heavy atom. The predicted octanol–water partition coefficient (Wildman–Crippen LogP) is 1.27. The van der Waals surface area contributed by atoms with E-state index in [2.05, 4.69) is 0 Å². The van der Waals surface area contributed by atoms with Crippen LogP contribution in [-0.2, 0) is 0 Å². The zero-order valence-corrected chi connectivity index (χ0v) is 3.18. The van der Waals surface area contributed by atoms with Gasteiger partial charge in [0.05, 0.1) is 0 Å². The van der Waals surface area contributed by atoms with Crippen molar-refractivity contribution in [1.82, 2.24) is 0 Å². The largest absolute Gasteiger partial charge is 0.0776 e. The quantitative estimate of drug-likeness (QED) is 0.490. The van der Waals surface area contributed by atoms with Crippen LogP contribution in [0, 0.1) is 113 Å². The van der Waals surface area contributed by atoms with Crippen LogP contribution in [0.1, 0.15) is 14.9 Å². The summed E-state index contributed by atoms with van der Waals surface area (Å²) in [5.74, 6) is 0. The first-order valence-corrected chi connectivity index (χ1v) is 0. The molecule has 0 bridgehead atoms.